The van der Waals surface area contributed by atoms with Gasteiger partial charge in [0.25, 0.3) is 0 Å². The van der Waals surface area contributed by atoms with Gasteiger partial charge in [-0.2, -0.15) is 10.2 Å². The van der Waals surface area contributed by atoms with Gasteiger partial charge in [-0.05, 0) is 26.0 Å². The first kappa shape index (κ1) is 13.9. The van der Waals surface area contributed by atoms with Crippen molar-refractivity contribution >= 4 is 11.6 Å². The molecule has 0 spiro atoms. The van der Waals surface area contributed by atoms with Crippen LogP contribution in [-0.4, -0.2) is 31.0 Å². The lowest BCUT2D eigenvalue weighted by Gasteiger charge is -2.05. The Morgan fingerprint density at radius 1 is 1.27 bits per heavy atom. The third-order valence-electron chi connectivity index (χ3n) is 3.17. The van der Waals surface area contributed by atoms with E-state index in [9.17, 15) is 4.79 Å². The second-order valence-corrected chi connectivity index (χ2v) is 4.75. The van der Waals surface area contributed by atoms with E-state index in [1.165, 1.54) is 4.80 Å². The number of pyridine rings is 1. The Morgan fingerprint density at radius 3 is 2.64 bits per heavy atom. The maximum absolute atomic E-state index is 12.1. The van der Waals surface area contributed by atoms with E-state index in [2.05, 4.69) is 25.7 Å². The summed E-state index contributed by atoms with van der Waals surface area (Å²) in [5.74, 6) is 1.08. The lowest BCUT2D eigenvalue weighted by molar-refractivity contribution is -0.115. The van der Waals surface area contributed by atoms with E-state index >= 15 is 0 Å². The number of hydrogen-bond acceptors (Lipinski definition) is 6. The number of rotatable bonds is 4. The van der Waals surface area contributed by atoms with E-state index < -0.39 is 0 Å². The Bertz CT molecular complexity index is 757. The van der Waals surface area contributed by atoms with Crippen LogP contribution in [0, 0.1) is 13.8 Å². The first-order valence-corrected chi connectivity index (χ1v) is 6.68. The molecule has 0 radical (unpaired) electrons. The third-order valence-corrected chi connectivity index (χ3v) is 3.17. The summed E-state index contributed by atoms with van der Waals surface area (Å²) in [6.07, 6.45) is 4.91. The first-order valence-electron chi connectivity index (χ1n) is 6.68. The van der Waals surface area contributed by atoms with Gasteiger partial charge in [-0.1, -0.05) is 5.16 Å². The standard InChI is InChI=1S/C14H14N6O2/c1-9-12(10(2)22-19-9)7-14(21)18-11-3-4-13(15-8-11)20-16-5-6-17-20/h3-6,8H,7H2,1-2H3,(H,18,21). The van der Waals surface area contributed by atoms with Crippen molar-refractivity contribution in [3.05, 3.63) is 47.7 Å². The monoisotopic (exact) mass is 298 g/mol. The van der Waals surface area contributed by atoms with E-state index in [0.717, 1.165) is 11.3 Å². The van der Waals surface area contributed by atoms with Gasteiger partial charge in [-0.15, -0.1) is 4.80 Å². The van der Waals surface area contributed by atoms with E-state index in [0.29, 0.717) is 17.3 Å². The number of aryl methyl sites for hydroxylation is 2. The number of nitrogens with zero attached hydrogens (tertiary/aromatic N) is 5. The number of aromatic nitrogens is 5. The molecule has 0 aliphatic carbocycles. The molecule has 0 unspecified atom stereocenters. The van der Waals surface area contributed by atoms with Crippen molar-refractivity contribution in [2.45, 2.75) is 20.3 Å². The molecule has 112 valence electrons. The minimum absolute atomic E-state index is 0.152. The van der Waals surface area contributed by atoms with Crippen LogP contribution in [0.3, 0.4) is 0 Å². The lowest BCUT2D eigenvalue weighted by atomic mass is 10.1. The molecule has 1 amide bonds. The smallest absolute Gasteiger partial charge is 0.229 e. The molecule has 8 heteroatoms. The average molecular weight is 298 g/mol. The molecule has 3 rings (SSSR count). The third kappa shape index (κ3) is 2.85. The summed E-state index contributed by atoms with van der Waals surface area (Å²) >= 11 is 0. The number of anilines is 1. The average Bonchev–Trinajstić information content (AvgIpc) is 3.14. The lowest BCUT2D eigenvalue weighted by Crippen LogP contribution is -2.15. The van der Waals surface area contributed by atoms with Gasteiger partial charge >= 0.3 is 0 Å². The predicted octanol–water partition coefficient (Wildman–Crippen LogP) is 1.45. The van der Waals surface area contributed by atoms with Crippen molar-refractivity contribution < 1.29 is 9.32 Å². The molecule has 8 nitrogen and oxygen atoms in total. The molecule has 3 heterocycles. The van der Waals surface area contributed by atoms with E-state index in [4.69, 9.17) is 4.52 Å². The summed E-state index contributed by atoms with van der Waals surface area (Å²) in [5, 5.41) is 14.6. The van der Waals surface area contributed by atoms with E-state index in [1.54, 1.807) is 37.6 Å². The largest absolute Gasteiger partial charge is 0.361 e. The Hall–Kier alpha value is -3.03. The molecule has 0 saturated carbocycles. The van der Waals surface area contributed by atoms with Gasteiger partial charge in [0.1, 0.15) is 5.76 Å². The predicted molar refractivity (Wildman–Crippen MR) is 77.5 cm³/mol. The Labute approximate surface area is 126 Å². The highest BCUT2D eigenvalue weighted by Gasteiger charge is 2.13. The van der Waals surface area contributed by atoms with Gasteiger partial charge in [0.05, 0.1) is 36.4 Å². The maximum Gasteiger partial charge on any atom is 0.229 e. The van der Waals surface area contributed by atoms with Crippen LogP contribution in [-0.2, 0) is 11.2 Å². The molecule has 22 heavy (non-hydrogen) atoms. The van der Waals surface area contributed by atoms with Gasteiger partial charge in [-0.25, -0.2) is 4.98 Å². The number of amides is 1. The Kier molecular flexibility index (Phi) is 3.65. The molecule has 0 aliphatic heterocycles. The van der Waals surface area contributed by atoms with Gasteiger partial charge < -0.3 is 9.84 Å². The van der Waals surface area contributed by atoms with Crippen molar-refractivity contribution in [3.8, 4) is 5.82 Å². The fraction of sp³-hybridized carbons (Fsp3) is 0.214. The first-order chi connectivity index (χ1) is 10.6. The Morgan fingerprint density at radius 2 is 2.05 bits per heavy atom. The summed E-state index contributed by atoms with van der Waals surface area (Å²) in [5.41, 5.74) is 2.14. The number of hydrogen-bond donors (Lipinski definition) is 1. The highest BCUT2D eigenvalue weighted by atomic mass is 16.5. The highest BCUT2D eigenvalue weighted by Crippen LogP contribution is 2.14. The molecule has 0 aromatic carbocycles. The number of nitrogens with one attached hydrogen (secondary N) is 1. The van der Waals surface area contributed by atoms with Crippen molar-refractivity contribution in [2.75, 3.05) is 5.32 Å². The topological polar surface area (TPSA) is 98.7 Å². The zero-order valence-corrected chi connectivity index (χ0v) is 12.1. The van der Waals surface area contributed by atoms with Crippen LogP contribution >= 0.6 is 0 Å². The molecule has 0 saturated heterocycles. The Balaban J connectivity index is 1.67. The molecule has 0 fully saturated rings. The van der Waals surface area contributed by atoms with Crippen molar-refractivity contribution in [1.82, 2.24) is 25.1 Å². The summed E-state index contributed by atoms with van der Waals surface area (Å²) in [6.45, 7) is 3.60. The van der Waals surface area contributed by atoms with Crippen LogP contribution in [0.25, 0.3) is 5.82 Å². The van der Waals surface area contributed by atoms with Crippen molar-refractivity contribution in [3.63, 3.8) is 0 Å². The minimum Gasteiger partial charge on any atom is -0.361 e. The minimum atomic E-state index is -0.152. The van der Waals surface area contributed by atoms with Gasteiger partial charge in [0.2, 0.25) is 5.91 Å². The molecule has 0 bridgehead atoms. The summed E-state index contributed by atoms with van der Waals surface area (Å²) in [4.78, 5) is 17.7. The van der Waals surface area contributed by atoms with Gasteiger partial charge in [0, 0.05) is 5.56 Å². The number of carbonyl (C=O) groups excluding carboxylic acids is 1. The van der Waals surface area contributed by atoms with Crippen LogP contribution in [0.15, 0.2) is 35.2 Å². The second kappa shape index (κ2) is 5.76. The summed E-state index contributed by atoms with van der Waals surface area (Å²) in [7, 11) is 0. The molecule has 3 aromatic heterocycles. The summed E-state index contributed by atoms with van der Waals surface area (Å²) in [6, 6.07) is 3.47. The molecule has 3 aromatic rings. The van der Waals surface area contributed by atoms with Crippen LogP contribution in [0.2, 0.25) is 0 Å². The van der Waals surface area contributed by atoms with Gasteiger partial charge in [0.15, 0.2) is 5.82 Å². The van der Waals surface area contributed by atoms with E-state index in [1.807, 2.05) is 6.92 Å². The summed E-state index contributed by atoms with van der Waals surface area (Å²) < 4.78 is 5.04. The van der Waals surface area contributed by atoms with E-state index in [-0.39, 0.29) is 12.3 Å². The van der Waals surface area contributed by atoms with Crippen LogP contribution < -0.4 is 5.32 Å². The van der Waals surface area contributed by atoms with Crippen molar-refractivity contribution in [1.29, 1.82) is 0 Å². The van der Waals surface area contributed by atoms with Crippen molar-refractivity contribution in [2.24, 2.45) is 0 Å². The van der Waals surface area contributed by atoms with Crippen LogP contribution in [0.5, 0.6) is 0 Å². The molecular formula is C14H14N6O2. The maximum atomic E-state index is 12.1. The molecule has 0 atom stereocenters. The zero-order chi connectivity index (χ0) is 15.5. The number of carbonyl (C=O) groups is 1. The molecular weight excluding hydrogens is 284 g/mol. The normalized spacial score (nSPS) is 10.6. The zero-order valence-electron chi connectivity index (χ0n) is 12.1. The second-order valence-electron chi connectivity index (χ2n) is 4.75. The van der Waals surface area contributed by atoms with Crippen LogP contribution in [0.1, 0.15) is 17.0 Å². The quantitative estimate of drug-likeness (QED) is 0.782. The van der Waals surface area contributed by atoms with Gasteiger partial charge in [-0.3, -0.25) is 4.79 Å². The fourth-order valence-electron chi connectivity index (χ4n) is 2.03. The molecule has 1 N–H and O–H groups in total. The highest BCUT2D eigenvalue weighted by molar-refractivity contribution is 5.92. The SMILES string of the molecule is Cc1noc(C)c1CC(=O)Nc1ccc(-n2nccn2)nc1. The molecule has 0 aliphatic rings. The van der Waals surface area contributed by atoms with Crippen LogP contribution in [0.4, 0.5) is 5.69 Å². The fourth-order valence-corrected chi connectivity index (χ4v) is 2.03.